The van der Waals surface area contributed by atoms with Crippen molar-refractivity contribution < 1.29 is 14.3 Å². The number of allylic oxidation sites excluding steroid dienone is 2. The van der Waals surface area contributed by atoms with E-state index in [1.54, 1.807) is 0 Å². The van der Waals surface area contributed by atoms with Gasteiger partial charge in [0, 0.05) is 6.54 Å². The Hall–Kier alpha value is -1.32. The summed E-state index contributed by atoms with van der Waals surface area (Å²) in [5, 5.41) is 0. The standard InChI is InChI=1S/C23H33NO3/c25-21(27-15-16-5-2-1-3-6-16)20-7-4-8-24(20)22(26)23-12-17-9-18(13-23)11-19(10-17)14-23/h1-2,16-20H,3-15H2. The Morgan fingerprint density at radius 3 is 2.33 bits per heavy atom. The van der Waals surface area contributed by atoms with Crippen LogP contribution in [0.2, 0.25) is 0 Å². The van der Waals surface area contributed by atoms with E-state index in [9.17, 15) is 9.59 Å². The van der Waals surface area contributed by atoms with E-state index in [4.69, 9.17) is 4.74 Å². The summed E-state index contributed by atoms with van der Waals surface area (Å²) in [6.45, 7) is 1.26. The Labute approximate surface area is 162 Å². The first-order valence-corrected chi connectivity index (χ1v) is 11.3. The van der Waals surface area contributed by atoms with Gasteiger partial charge in [-0.25, -0.2) is 4.79 Å². The molecular weight excluding hydrogens is 338 g/mol. The minimum Gasteiger partial charge on any atom is -0.464 e. The molecule has 0 radical (unpaired) electrons. The molecule has 0 spiro atoms. The van der Waals surface area contributed by atoms with Crippen LogP contribution in [0.4, 0.5) is 0 Å². The molecule has 148 valence electrons. The fourth-order valence-corrected chi connectivity index (χ4v) is 7.24. The van der Waals surface area contributed by atoms with Crippen molar-refractivity contribution in [3.63, 3.8) is 0 Å². The number of rotatable bonds is 4. The smallest absolute Gasteiger partial charge is 0.328 e. The van der Waals surface area contributed by atoms with Gasteiger partial charge >= 0.3 is 5.97 Å². The molecule has 1 heterocycles. The second-order valence-electron chi connectivity index (χ2n) is 10.1. The molecule has 1 saturated heterocycles. The molecular formula is C23H33NO3. The minimum absolute atomic E-state index is 0.147. The minimum atomic E-state index is -0.329. The molecule has 0 aromatic heterocycles. The second-order valence-corrected chi connectivity index (χ2v) is 10.1. The van der Waals surface area contributed by atoms with Gasteiger partial charge in [0.05, 0.1) is 12.0 Å². The van der Waals surface area contributed by atoms with E-state index in [1.807, 2.05) is 4.90 Å². The van der Waals surface area contributed by atoms with Crippen LogP contribution in [-0.2, 0) is 14.3 Å². The van der Waals surface area contributed by atoms with E-state index >= 15 is 0 Å². The summed E-state index contributed by atoms with van der Waals surface area (Å²) in [5.74, 6) is 2.86. The lowest BCUT2D eigenvalue weighted by Crippen LogP contribution is -2.56. The lowest BCUT2D eigenvalue weighted by Gasteiger charge is -2.56. The molecule has 27 heavy (non-hydrogen) atoms. The van der Waals surface area contributed by atoms with Crippen LogP contribution in [0, 0.1) is 29.1 Å². The highest BCUT2D eigenvalue weighted by atomic mass is 16.5. The summed E-state index contributed by atoms with van der Waals surface area (Å²) in [6, 6.07) is -0.329. The number of hydrogen-bond donors (Lipinski definition) is 0. The Morgan fingerprint density at radius 1 is 1.00 bits per heavy atom. The first-order chi connectivity index (χ1) is 13.1. The number of ether oxygens (including phenoxy) is 1. The maximum absolute atomic E-state index is 13.6. The normalized spacial score (nSPS) is 42.5. The number of esters is 1. The van der Waals surface area contributed by atoms with Crippen LogP contribution in [0.5, 0.6) is 0 Å². The summed E-state index contributed by atoms with van der Waals surface area (Å²) in [7, 11) is 0. The van der Waals surface area contributed by atoms with E-state index in [1.165, 1.54) is 19.3 Å². The van der Waals surface area contributed by atoms with Crippen molar-refractivity contribution >= 4 is 11.9 Å². The highest BCUT2D eigenvalue weighted by Gasteiger charge is 2.56. The van der Waals surface area contributed by atoms with Crippen molar-refractivity contribution in [1.82, 2.24) is 4.90 Å². The first-order valence-electron chi connectivity index (χ1n) is 11.3. The third-order valence-corrected chi connectivity index (χ3v) is 8.12. The zero-order valence-electron chi connectivity index (χ0n) is 16.4. The van der Waals surface area contributed by atoms with Crippen molar-refractivity contribution in [2.24, 2.45) is 29.1 Å². The lowest BCUT2D eigenvalue weighted by molar-refractivity contribution is -0.166. The number of carbonyl (C=O) groups is 2. The summed E-state index contributed by atoms with van der Waals surface area (Å²) in [6.07, 6.45) is 16.6. The van der Waals surface area contributed by atoms with Crippen LogP contribution < -0.4 is 0 Å². The molecule has 6 rings (SSSR count). The van der Waals surface area contributed by atoms with Gasteiger partial charge in [-0.15, -0.1) is 0 Å². The average molecular weight is 372 g/mol. The molecule has 5 aliphatic carbocycles. The van der Waals surface area contributed by atoms with Gasteiger partial charge in [-0.2, -0.15) is 0 Å². The fraction of sp³-hybridized carbons (Fsp3) is 0.826. The van der Waals surface area contributed by atoms with Crippen LogP contribution in [0.3, 0.4) is 0 Å². The number of nitrogens with zero attached hydrogens (tertiary/aromatic N) is 1. The molecule has 2 unspecified atom stereocenters. The van der Waals surface area contributed by atoms with E-state index in [-0.39, 0.29) is 17.4 Å². The van der Waals surface area contributed by atoms with Crippen molar-refractivity contribution in [2.45, 2.75) is 76.7 Å². The molecule has 4 heteroatoms. The van der Waals surface area contributed by atoms with E-state index in [0.29, 0.717) is 18.4 Å². The highest BCUT2D eigenvalue weighted by Crippen LogP contribution is 2.60. The van der Waals surface area contributed by atoms with E-state index < -0.39 is 0 Å². The van der Waals surface area contributed by atoms with Crippen LogP contribution in [0.25, 0.3) is 0 Å². The van der Waals surface area contributed by atoms with Crippen molar-refractivity contribution in [3.8, 4) is 0 Å². The molecule has 5 fully saturated rings. The van der Waals surface area contributed by atoms with Crippen molar-refractivity contribution in [2.75, 3.05) is 13.2 Å². The van der Waals surface area contributed by atoms with Gasteiger partial charge in [-0.3, -0.25) is 4.79 Å². The zero-order valence-corrected chi connectivity index (χ0v) is 16.4. The Balaban J connectivity index is 1.24. The highest BCUT2D eigenvalue weighted by molar-refractivity contribution is 5.89. The molecule has 6 aliphatic rings. The SMILES string of the molecule is O=C(OCC1CC=CCC1)C1CCCN1C(=O)C12CC3CC(CC(C3)C1)C2. The predicted octanol–water partition coefficient (Wildman–Crippen LogP) is 4.09. The lowest BCUT2D eigenvalue weighted by atomic mass is 9.49. The predicted molar refractivity (Wildman–Crippen MR) is 103 cm³/mol. The van der Waals surface area contributed by atoms with Gasteiger partial charge in [0.2, 0.25) is 5.91 Å². The summed E-state index contributed by atoms with van der Waals surface area (Å²) in [4.78, 5) is 28.4. The van der Waals surface area contributed by atoms with Crippen molar-refractivity contribution in [3.05, 3.63) is 12.2 Å². The summed E-state index contributed by atoms with van der Waals surface area (Å²) >= 11 is 0. The molecule has 4 saturated carbocycles. The van der Waals surface area contributed by atoms with Crippen LogP contribution in [-0.4, -0.2) is 36.0 Å². The van der Waals surface area contributed by atoms with Crippen LogP contribution >= 0.6 is 0 Å². The summed E-state index contributed by atoms with van der Waals surface area (Å²) in [5.41, 5.74) is -0.147. The topological polar surface area (TPSA) is 46.6 Å². The Morgan fingerprint density at radius 2 is 1.70 bits per heavy atom. The van der Waals surface area contributed by atoms with Crippen LogP contribution in [0.15, 0.2) is 12.2 Å². The van der Waals surface area contributed by atoms with Gasteiger partial charge in [0.1, 0.15) is 6.04 Å². The monoisotopic (exact) mass is 371 g/mol. The number of carbonyl (C=O) groups excluding carboxylic acids is 2. The Kier molecular flexibility index (Phi) is 4.56. The van der Waals surface area contributed by atoms with Gasteiger partial charge in [-0.05, 0) is 94.3 Å². The average Bonchev–Trinajstić information content (AvgIpc) is 3.15. The van der Waals surface area contributed by atoms with Gasteiger partial charge in [0.15, 0.2) is 0 Å². The largest absolute Gasteiger partial charge is 0.464 e. The molecule has 1 amide bonds. The number of hydrogen-bond acceptors (Lipinski definition) is 3. The third kappa shape index (κ3) is 3.23. The van der Waals surface area contributed by atoms with Crippen molar-refractivity contribution in [1.29, 1.82) is 0 Å². The molecule has 4 bridgehead atoms. The van der Waals surface area contributed by atoms with Gasteiger partial charge in [-0.1, -0.05) is 12.2 Å². The Bertz CT molecular complexity index is 604. The molecule has 0 aromatic rings. The number of amides is 1. The third-order valence-electron chi connectivity index (χ3n) is 8.12. The van der Waals surface area contributed by atoms with E-state index in [0.717, 1.165) is 75.7 Å². The zero-order chi connectivity index (χ0) is 18.4. The molecule has 4 nitrogen and oxygen atoms in total. The second kappa shape index (κ2) is 6.93. The maximum Gasteiger partial charge on any atom is 0.328 e. The first kappa shape index (κ1) is 17.8. The van der Waals surface area contributed by atoms with E-state index in [2.05, 4.69) is 12.2 Å². The fourth-order valence-electron chi connectivity index (χ4n) is 7.24. The van der Waals surface area contributed by atoms with Gasteiger partial charge < -0.3 is 9.64 Å². The summed E-state index contributed by atoms with van der Waals surface area (Å²) < 4.78 is 5.70. The number of likely N-dealkylation sites (tertiary alicyclic amines) is 1. The van der Waals surface area contributed by atoms with Gasteiger partial charge in [0.25, 0.3) is 0 Å². The molecule has 2 atom stereocenters. The molecule has 0 aromatic carbocycles. The quantitative estimate of drug-likeness (QED) is 0.552. The van der Waals surface area contributed by atoms with Crippen LogP contribution in [0.1, 0.15) is 70.6 Å². The molecule has 1 aliphatic heterocycles. The molecule has 0 N–H and O–H groups in total. The maximum atomic E-state index is 13.6.